The van der Waals surface area contributed by atoms with Crippen molar-refractivity contribution in [1.29, 1.82) is 0 Å². The lowest BCUT2D eigenvalue weighted by Crippen LogP contribution is -2.62. The summed E-state index contributed by atoms with van der Waals surface area (Å²) in [7, 11) is 1.68. The van der Waals surface area contributed by atoms with Crippen LogP contribution in [0.5, 0.6) is 5.75 Å². The lowest BCUT2D eigenvalue weighted by atomic mass is 9.83. The van der Waals surface area contributed by atoms with Crippen molar-refractivity contribution in [2.24, 2.45) is 5.92 Å². The second kappa shape index (κ2) is 8.67. The molecule has 2 atom stereocenters. The van der Waals surface area contributed by atoms with E-state index in [0.717, 1.165) is 44.6 Å². The van der Waals surface area contributed by atoms with E-state index >= 15 is 0 Å². The second-order valence-corrected chi connectivity index (χ2v) is 9.08. The van der Waals surface area contributed by atoms with E-state index in [9.17, 15) is 9.59 Å². The summed E-state index contributed by atoms with van der Waals surface area (Å²) in [5, 5.41) is 3.22. The highest BCUT2D eigenvalue weighted by Gasteiger charge is 2.43. The molecule has 1 aromatic carbocycles. The molecule has 3 heterocycles. The van der Waals surface area contributed by atoms with Gasteiger partial charge in [-0.3, -0.25) is 14.5 Å². The SMILES string of the molecule is COc1ccc2c(c1)N1CCN(CC(=O)N3CCOCC3)C[C@@H]1[C@H](C(=O)NC1CC1)C2. The van der Waals surface area contributed by atoms with Crippen molar-refractivity contribution >= 4 is 17.5 Å². The molecule has 1 aliphatic carbocycles. The van der Waals surface area contributed by atoms with Gasteiger partial charge in [-0.1, -0.05) is 6.07 Å². The Balaban J connectivity index is 1.34. The van der Waals surface area contributed by atoms with Gasteiger partial charge < -0.3 is 24.6 Å². The van der Waals surface area contributed by atoms with Crippen LogP contribution in [0.2, 0.25) is 0 Å². The number of methoxy groups -OCH3 is 1. The molecule has 0 bridgehead atoms. The molecule has 5 rings (SSSR count). The van der Waals surface area contributed by atoms with E-state index in [1.165, 1.54) is 11.3 Å². The van der Waals surface area contributed by atoms with Crippen LogP contribution in [0.25, 0.3) is 0 Å². The molecule has 2 saturated heterocycles. The number of piperazine rings is 1. The molecule has 1 saturated carbocycles. The third kappa shape index (κ3) is 4.36. The molecule has 1 N–H and O–H groups in total. The quantitative estimate of drug-likeness (QED) is 0.736. The first-order valence-electron chi connectivity index (χ1n) is 11.4. The van der Waals surface area contributed by atoms with Crippen LogP contribution in [0.4, 0.5) is 5.69 Å². The largest absolute Gasteiger partial charge is 0.497 e. The van der Waals surface area contributed by atoms with Crippen LogP contribution in [0.15, 0.2) is 18.2 Å². The Bertz CT molecular complexity index is 837. The van der Waals surface area contributed by atoms with Crippen LogP contribution in [0.1, 0.15) is 18.4 Å². The molecule has 8 nitrogen and oxygen atoms in total. The van der Waals surface area contributed by atoms with E-state index in [1.54, 1.807) is 7.11 Å². The standard InChI is InChI=1S/C23H32N4O4/c1-30-18-5-2-16-12-19(23(29)24-17-3-4-17)21-14-25(6-7-27(21)20(16)13-18)15-22(28)26-8-10-31-11-9-26/h2,5,13,17,19,21H,3-4,6-12,14-15H2,1H3,(H,24,29)/t19-,21-/m1/s1. The van der Waals surface area contributed by atoms with Crippen LogP contribution < -0.4 is 15.0 Å². The Morgan fingerprint density at radius 1 is 1.16 bits per heavy atom. The molecule has 8 heteroatoms. The Morgan fingerprint density at radius 2 is 1.97 bits per heavy atom. The van der Waals surface area contributed by atoms with Gasteiger partial charge in [0.2, 0.25) is 11.8 Å². The highest BCUT2D eigenvalue weighted by Crippen LogP contribution is 2.38. The summed E-state index contributed by atoms with van der Waals surface area (Å²) in [6.07, 6.45) is 2.89. The number of anilines is 1. The third-order valence-corrected chi connectivity index (χ3v) is 6.99. The van der Waals surface area contributed by atoms with Crippen molar-refractivity contribution in [3.63, 3.8) is 0 Å². The molecule has 0 spiro atoms. The van der Waals surface area contributed by atoms with Crippen LogP contribution in [-0.4, -0.2) is 93.3 Å². The number of nitrogens with one attached hydrogen (secondary N) is 1. The molecule has 168 valence electrons. The third-order valence-electron chi connectivity index (χ3n) is 6.99. The molecule has 3 aliphatic heterocycles. The summed E-state index contributed by atoms with van der Waals surface area (Å²) in [6.45, 7) is 5.30. The Kier molecular flexibility index (Phi) is 5.75. The number of hydrogen-bond donors (Lipinski definition) is 1. The summed E-state index contributed by atoms with van der Waals surface area (Å²) in [6, 6.07) is 6.57. The number of nitrogens with zero attached hydrogens (tertiary/aromatic N) is 3. The fourth-order valence-corrected chi connectivity index (χ4v) is 5.05. The van der Waals surface area contributed by atoms with Crippen LogP contribution >= 0.6 is 0 Å². The van der Waals surface area contributed by atoms with Crippen LogP contribution in [0.3, 0.4) is 0 Å². The highest BCUT2D eigenvalue weighted by molar-refractivity contribution is 5.83. The number of carbonyl (C=O) groups excluding carboxylic acids is 2. The molecule has 1 aromatic rings. The Morgan fingerprint density at radius 3 is 2.71 bits per heavy atom. The van der Waals surface area contributed by atoms with Gasteiger partial charge in [0.1, 0.15) is 5.75 Å². The monoisotopic (exact) mass is 428 g/mol. The summed E-state index contributed by atoms with van der Waals surface area (Å²) < 4.78 is 10.8. The van der Waals surface area contributed by atoms with Gasteiger partial charge in [0.15, 0.2) is 0 Å². The lowest BCUT2D eigenvalue weighted by molar-refractivity contribution is -0.136. The van der Waals surface area contributed by atoms with Gasteiger partial charge in [-0.05, 0) is 30.9 Å². The number of carbonyl (C=O) groups is 2. The number of hydrogen-bond acceptors (Lipinski definition) is 6. The predicted molar refractivity (Wildman–Crippen MR) is 116 cm³/mol. The average Bonchev–Trinajstić information content (AvgIpc) is 3.62. The van der Waals surface area contributed by atoms with Gasteiger partial charge in [0.05, 0.1) is 38.8 Å². The minimum absolute atomic E-state index is 0.0598. The van der Waals surface area contributed by atoms with E-state index < -0.39 is 0 Å². The smallest absolute Gasteiger partial charge is 0.236 e. The molecule has 2 amide bonds. The van der Waals surface area contributed by atoms with Gasteiger partial charge >= 0.3 is 0 Å². The van der Waals surface area contributed by atoms with Gasteiger partial charge in [0.25, 0.3) is 0 Å². The van der Waals surface area contributed by atoms with Crippen LogP contribution in [-0.2, 0) is 20.7 Å². The minimum Gasteiger partial charge on any atom is -0.497 e. The molecular formula is C23H32N4O4. The summed E-state index contributed by atoms with van der Waals surface area (Å²) in [4.78, 5) is 32.4. The zero-order valence-electron chi connectivity index (χ0n) is 18.2. The Hall–Kier alpha value is -2.32. The van der Waals surface area contributed by atoms with E-state index in [4.69, 9.17) is 9.47 Å². The van der Waals surface area contributed by atoms with E-state index in [1.807, 2.05) is 11.0 Å². The molecule has 31 heavy (non-hydrogen) atoms. The van der Waals surface area contributed by atoms with E-state index in [-0.39, 0.29) is 23.8 Å². The van der Waals surface area contributed by atoms with Gasteiger partial charge in [-0.25, -0.2) is 0 Å². The van der Waals surface area contributed by atoms with Gasteiger partial charge in [-0.2, -0.15) is 0 Å². The fourth-order valence-electron chi connectivity index (χ4n) is 5.05. The fraction of sp³-hybridized carbons (Fsp3) is 0.652. The predicted octanol–water partition coefficient (Wildman–Crippen LogP) is 0.496. The first-order chi connectivity index (χ1) is 15.1. The lowest BCUT2D eigenvalue weighted by Gasteiger charge is -2.49. The summed E-state index contributed by atoms with van der Waals surface area (Å²) >= 11 is 0. The molecule has 0 unspecified atom stereocenters. The van der Waals surface area contributed by atoms with Crippen molar-refractivity contribution < 1.29 is 19.1 Å². The van der Waals surface area contributed by atoms with Crippen molar-refractivity contribution in [2.75, 3.05) is 64.5 Å². The highest BCUT2D eigenvalue weighted by atomic mass is 16.5. The number of rotatable bonds is 5. The molecular weight excluding hydrogens is 396 g/mol. The van der Waals surface area contributed by atoms with Crippen molar-refractivity contribution in [1.82, 2.24) is 15.1 Å². The maximum absolute atomic E-state index is 13.1. The van der Waals surface area contributed by atoms with Gasteiger partial charge in [-0.15, -0.1) is 0 Å². The molecule has 4 aliphatic rings. The zero-order chi connectivity index (χ0) is 21.4. The number of fused-ring (bicyclic) bond motifs is 3. The van der Waals surface area contributed by atoms with E-state index in [0.29, 0.717) is 38.9 Å². The normalized spacial score (nSPS) is 26.1. The van der Waals surface area contributed by atoms with E-state index in [2.05, 4.69) is 27.2 Å². The second-order valence-electron chi connectivity index (χ2n) is 9.08. The summed E-state index contributed by atoms with van der Waals surface area (Å²) in [5.41, 5.74) is 2.37. The Labute approximate surface area is 183 Å². The zero-order valence-corrected chi connectivity index (χ0v) is 18.2. The van der Waals surface area contributed by atoms with Crippen molar-refractivity contribution in [2.45, 2.75) is 31.3 Å². The molecule has 0 radical (unpaired) electrons. The van der Waals surface area contributed by atoms with Crippen molar-refractivity contribution in [3.8, 4) is 5.75 Å². The number of amides is 2. The van der Waals surface area contributed by atoms with Crippen molar-refractivity contribution in [3.05, 3.63) is 23.8 Å². The minimum atomic E-state index is -0.109. The molecule has 0 aromatic heterocycles. The first kappa shape index (κ1) is 20.6. The average molecular weight is 429 g/mol. The van der Waals surface area contributed by atoms with Crippen LogP contribution in [0, 0.1) is 5.92 Å². The number of morpholine rings is 1. The first-order valence-corrected chi connectivity index (χ1v) is 11.4. The maximum atomic E-state index is 13.1. The topological polar surface area (TPSA) is 74.3 Å². The van der Waals surface area contributed by atoms with Gasteiger partial charge in [0, 0.05) is 50.5 Å². The number of ether oxygens (including phenoxy) is 2. The molecule has 3 fully saturated rings. The number of benzene rings is 1. The maximum Gasteiger partial charge on any atom is 0.236 e. The summed E-state index contributed by atoms with van der Waals surface area (Å²) in [5.74, 6) is 1.04.